The Morgan fingerprint density at radius 2 is 2.09 bits per heavy atom. The van der Waals surface area contributed by atoms with Crippen LogP contribution in [0.3, 0.4) is 0 Å². The van der Waals surface area contributed by atoms with E-state index in [1.54, 1.807) is 17.1 Å². The van der Waals surface area contributed by atoms with Crippen LogP contribution in [-0.2, 0) is 6.54 Å². The maximum Gasteiger partial charge on any atom is 0.319 e. The van der Waals surface area contributed by atoms with Gasteiger partial charge in [0.25, 0.3) is 0 Å². The van der Waals surface area contributed by atoms with Crippen LogP contribution in [-0.4, -0.2) is 33.1 Å². The van der Waals surface area contributed by atoms with Crippen molar-refractivity contribution in [1.29, 1.82) is 0 Å². The van der Waals surface area contributed by atoms with E-state index in [0.717, 1.165) is 12.0 Å². The van der Waals surface area contributed by atoms with Gasteiger partial charge in [0.1, 0.15) is 0 Å². The Labute approximate surface area is 136 Å². The number of aromatic nitrogens is 2. The van der Waals surface area contributed by atoms with Gasteiger partial charge in [-0.05, 0) is 18.9 Å². The second-order valence-corrected chi connectivity index (χ2v) is 5.96. The van der Waals surface area contributed by atoms with Crippen molar-refractivity contribution in [3.05, 3.63) is 48.3 Å². The first kappa shape index (κ1) is 17.0. The maximum atomic E-state index is 12.1. The molecule has 2 amide bonds. The molecule has 1 aromatic carbocycles. The van der Waals surface area contributed by atoms with Crippen LogP contribution in [0.5, 0.6) is 0 Å². The van der Waals surface area contributed by atoms with Crippen molar-refractivity contribution in [2.45, 2.75) is 38.8 Å². The van der Waals surface area contributed by atoms with Crippen LogP contribution in [0.4, 0.5) is 10.5 Å². The van der Waals surface area contributed by atoms with Crippen molar-refractivity contribution in [3.8, 4) is 0 Å². The van der Waals surface area contributed by atoms with E-state index in [1.165, 1.54) is 0 Å². The molecule has 1 unspecified atom stereocenters. The Kier molecular flexibility index (Phi) is 5.76. The van der Waals surface area contributed by atoms with Gasteiger partial charge >= 0.3 is 6.03 Å². The number of benzene rings is 1. The third-order valence-corrected chi connectivity index (χ3v) is 3.64. The molecule has 0 aliphatic carbocycles. The number of nitrogens with zero attached hydrogens (tertiary/aromatic N) is 2. The van der Waals surface area contributed by atoms with Crippen LogP contribution in [0.1, 0.15) is 32.3 Å². The zero-order valence-electron chi connectivity index (χ0n) is 13.6. The van der Waals surface area contributed by atoms with Crippen molar-refractivity contribution in [2.24, 2.45) is 0 Å². The van der Waals surface area contributed by atoms with Gasteiger partial charge in [-0.15, -0.1) is 0 Å². The lowest BCUT2D eigenvalue weighted by molar-refractivity contribution is 0.167. The number of aliphatic hydroxyl groups excluding tert-OH is 1. The summed E-state index contributed by atoms with van der Waals surface area (Å²) in [5.74, 6) is 0. The standard InChI is InChI=1S/C17H24N4O2/c1-3-9-17(2,13-22)20-16(23)19-15-10-18-21(12-15)11-14-7-5-4-6-8-14/h4-8,10,12,22H,3,9,11,13H2,1-2H3,(H2,19,20,23). The van der Waals surface area contributed by atoms with Crippen LogP contribution >= 0.6 is 0 Å². The van der Waals surface area contributed by atoms with Crippen LogP contribution in [0.25, 0.3) is 0 Å². The molecule has 0 radical (unpaired) electrons. The van der Waals surface area contributed by atoms with E-state index in [1.807, 2.05) is 44.2 Å². The van der Waals surface area contributed by atoms with E-state index >= 15 is 0 Å². The SMILES string of the molecule is CCCC(C)(CO)NC(=O)Nc1cnn(Cc2ccccc2)c1. The van der Waals surface area contributed by atoms with Gasteiger partial charge in [-0.1, -0.05) is 43.7 Å². The first-order valence-corrected chi connectivity index (χ1v) is 7.81. The van der Waals surface area contributed by atoms with Gasteiger partial charge in [0.15, 0.2) is 0 Å². The lowest BCUT2D eigenvalue weighted by atomic mass is 9.98. The predicted octanol–water partition coefficient (Wildman–Crippen LogP) is 2.60. The molecule has 0 saturated carbocycles. The predicted molar refractivity (Wildman–Crippen MR) is 90.3 cm³/mol. The summed E-state index contributed by atoms with van der Waals surface area (Å²) >= 11 is 0. The molecular weight excluding hydrogens is 292 g/mol. The van der Waals surface area contributed by atoms with Gasteiger partial charge in [-0.25, -0.2) is 4.79 Å². The van der Waals surface area contributed by atoms with Gasteiger partial charge in [-0.3, -0.25) is 4.68 Å². The molecule has 0 aliphatic rings. The van der Waals surface area contributed by atoms with E-state index in [-0.39, 0.29) is 12.6 Å². The Morgan fingerprint density at radius 3 is 2.74 bits per heavy atom. The smallest absolute Gasteiger partial charge is 0.319 e. The number of hydrogen-bond donors (Lipinski definition) is 3. The molecule has 2 aromatic rings. The van der Waals surface area contributed by atoms with E-state index in [9.17, 15) is 9.90 Å². The molecule has 1 atom stereocenters. The molecule has 2 rings (SSSR count). The van der Waals surface area contributed by atoms with Crippen LogP contribution in [0.15, 0.2) is 42.7 Å². The highest BCUT2D eigenvalue weighted by Crippen LogP contribution is 2.12. The normalized spacial score (nSPS) is 13.3. The molecule has 0 aliphatic heterocycles. The average molecular weight is 316 g/mol. The second kappa shape index (κ2) is 7.78. The van der Waals surface area contributed by atoms with Crippen molar-refractivity contribution < 1.29 is 9.90 Å². The summed E-state index contributed by atoms with van der Waals surface area (Å²) in [5.41, 5.74) is 1.15. The highest BCUT2D eigenvalue weighted by molar-refractivity contribution is 5.89. The van der Waals surface area contributed by atoms with Crippen molar-refractivity contribution in [2.75, 3.05) is 11.9 Å². The molecule has 1 aromatic heterocycles. The molecule has 0 saturated heterocycles. The monoisotopic (exact) mass is 316 g/mol. The second-order valence-electron chi connectivity index (χ2n) is 5.96. The lowest BCUT2D eigenvalue weighted by Gasteiger charge is -2.28. The minimum absolute atomic E-state index is 0.0957. The summed E-state index contributed by atoms with van der Waals surface area (Å²) in [6.45, 7) is 4.39. The summed E-state index contributed by atoms with van der Waals surface area (Å²) in [7, 11) is 0. The Morgan fingerprint density at radius 1 is 1.35 bits per heavy atom. The number of rotatable bonds is 7. The van der Waals surface area contributed by atoms with Crippen molar-refractivity contribution in [3.63, 3.8) is 0 Å². The van der Waals surface area contributed by atoms with E-state index in [4.69, 9.17) is 0 Å². The summed E-state index contributed by atoms with van der Waals surface area (Å²) in [5, 5.41) is 19.2. The quantitative estimate of drug-likeness (QED) is 0.734. The number of carbonyl (C=O) groups excluding carboxylic acids is 1. The van der Waals surface area contributed by atoms with Gasteiger partial charge in [0.05, 0.1) is 30.6 Å². The minimum atomic E-state index is -0.612. The zero-order chi connectivity index (χ0) is 16.7. The van der Waals surface area contributed by atoms with Gasteiger partial charge < -0.3 is 15.7 Å². The highest BCUT2D eigenvalue weighted by atomic mass is 16.3. The molecule has 0 fully saturated rings. The van der Waals surface area contributed by atoms with Gasteiger partial charge in [-0.2, -0.15) is 5.10 Å². The van der Waals surface area contributed by atoms with E-state index < -0.39 is 5.54 Å². The van der Waals surface area contributed by atoms with E-state index in [0.29, 0.717) is 18.7 Å². The summed E-state index contributed by atoms with van der Waals surface area (Å²) in [6.07, 6.45) is 4.98. The Balaban J connectivity index is 1.92. The molecule has 6 heteroatoms. The van der Waals surface area contributed by atoms with Crippen LogP contribution < -0.4 is 10.6 Å². The highest BCUT2D eigenvalue weighted by Gasteiger charge is 2.24. The lowest BCUT2D eigenvalue weighted by Crippen LogP contribution is -2.50. The number of nitrogens with one attached hydrogen (secondary N) is 2. The topological polar surface area (TPSA) is 79.2 Å². The third-order valence-electron chi connectivity index (χ3n) is 3.64. The summed E-state index contributed by atoms with van der Waals surface area (Å²) in [6, 6.07) is 9.65. The van der Waals surface area contributed by atoms with Gasteiger partial charge in [0.2, 0.25) is 0 Å². The number of carbonyl (C=O) groups is 1. The fourth-order valence-electron chi connectivity index (χ4n) is 2.45. The van der Waals surface area contributed by atoms with Gasteiger partial charge in [0, 0.05) is 6.20 Å². The molecule has 124 valence electrons. The molecule has 0 bridgehead atoms. The molecule has 0 spiro atoms. The Hall–Kier alpha value is -2.34. The fraction of sp³-hybridized carbons (Fsp3) is 0.412. The molecular formula is C17H24N4O2. The average Bonchev–Trinajstić information content (AvgIpc) is 2.95. The number of aliphatic hydroxyl groups is 1. The summed E-state index contributed by atoms with van der Waals surface area (Å²) < 4.78 is 1.77. The van der Waals surface area contributed by atoms with Crippen LogP contribution in [0, 0.1) is 0 Å². The van der Waals surface area contributed by atoms with Crippen LogP contribution in [0.2, 0.25) is 0 Å². The fourth-order valence-corrected chi connectivity index (χ4v) is 2.45. The number of hydrogen-bond acceptors (Lipinski definition) is 3. The van der Waals surface area contributed by atoms with Crippen molar-refractivity contribution in [1.82, 2.24) is 15.1 Å². The summed E-state index contributed by atoms with van der Waals surface area (Å²) in [4.78, 5) is 12.1. The zero-order valence-corrected chi connectivity index (χ0v) is 13.6. The number of urea groups is 1. The largest absolute Gasteiger partial charge is 0.394 e. The van der Waals surface area contributed by atoms with E-state index in [2.05, 4.69) is 15.7 Å². The molecule has 3 N–H and O–H groups in total. The number of anilines is 1. The molecule has 23 heavy (non-hydrogen) atoms. The van der Waals surface area contributed by atoms with Crippen molar-refractivity contribution >= 4 is 11.7 Å². The maximum absolute atomic E-state index is 12.1. The molecule has 6 nitrogen and oxygen atoms in total. The first-order chi connectivity index (χ1) is 11.0. The number of amides is 2. The first-order valence-electron chi connectivity index (χ1n) is 7.81. The molecule has 1 heterocycles. The minimum Gasteiger partial charge on any atom is -0.394 e. The third kappa shape index (κ3) is 5.10. The Bertz CT molecular complexity index is 627.